The van der Waals surface area contributed by atoms with Gasteiger partial charge in [-0.1, -0.05) is 39.3 Å². The van der Waals surface area contributed by atoms with Crippen molar-refractivity contribution >= 4 is 14.1 Å². The summed E-state index contributed by atoms with van der Waals surface area (Å²) in [5, 5.41) is 0.203. The summed E-state index contributed by atoms with van der Waals surface area (Å²) >= 11 is 0. The highest BCUT2D eigenvalue weighted by atomic mass is 28.4. The molecule has 3 heteroatoms. The van der Waals surface area contributed by atoms with Gasteiger partial charge in [0.1, 0.15) is 0 Å². The number of hydrogen-bond donors (Lipinski definition) is 0. The van der Waals surface area contributed by atoms with E-state index in [4.69, 9.17) is 4.43 Å². The van der Waals surface area contributed by atoms with Crippen LogP contribution in [0.25, 0.3) is 0 Å². The summed E-state index contributed by atoms with van der Waals surface area (Å²) in [6, 6.07) is 0. The van der Waals surface area contributed by atoms with Crippen LogP contribution < -0.4 is 0 Å². The lowest BCUT2D eigenvalue weighted by molar-refractivity contribution is -0.131. The first-order valence-corrected chi connectivity index (χ1v) is 12.0. The third-order valence-electron chi connectivity index (χ3n) is 7.63. The fourth-order valence-corrected chi connectivity index (χ4v) is 6.28. The quantitative estimate of drug-likeness (QED) is 0.527. The van der Waals surface area contributed by atoms with Gasteiger partial charge in [-0.3, -0.25) is 4.79 Å². The molecule has 128 valence electrons. The molecule has 2 saturated carbocycles. The number of allylic oxidation sites excluding steroid dienone is 3. The van der Waals surface area contributed by atoms with Crippen molar-refractivity contribution in [2.75, 3.05) is 6.61 Å². The Morgan fingerprint density at radius 2 is 2.09 bits per heavy atom. The van der Waals surface area contributed by atoms with Gasteiger partial charge in [0.05, 0.1) is 0 Å². The van der Waals surface area contributed by atoms with Crippen LogP contribution in [0.1, 0.15) is 46.5 Å². The molecule has 1 unspecified atom stereocenters. The highest BCUT2D eigenvalue weighted by Crippen LogP contribution is 2.70. The second-order valence-corrected chi connectivity index (χ2v) is 14.2. The molecule has 0 aliphatic heterocycles. The molecule has 0 aromatic heterocycles. The SMILES string of the molecule is C=C[C@H]1C[C@H]2C=CC(=O)C23CCC[C@]13CO[Si](C)(C)C(C)(C)C. The molecular formula is C20H32O2Si. The van der Waals surface area contributed by atoms with E-state index >= 15 is 0 Å². The Kier molecular flexibility index (Phi) is 3.85. The van der Waals surface area contributed by atoms with E-state index in [1.165, 1.54) is 0 Å². The van der Waals surface area contributed by atoms with Crippen molar-refractivity contribution in [1.29, 1.82) is 0 Å². The second kappa shape index (κ2) is 5.16. The molecule has 23 heavy (non-hydrogen) atoms. The lowest BCUT2D eigenvalue weighted by atomic mass is 9.62. The fourth-order valence-electron chi connectivity index (χ4n) is 5.23. The maximum Gasteiger partial charge on any atom is 0.192 e. The van der Waals surface area contributed by atoms with Crippen LogP contribution >= 0.6 is 0 Å². The van der Waals surface area contributed by atoms with Gasteiger partial charge in [0.25, 0.3) is 0 Å². The third kappa shape index (κ3) is 2.12. The maximum atomic E-state index is 12.9. The van der Waals surface area contributed by atoms with Crippen molar-refractivity contribution in [2.24, 2.45) is 22.7 Å². The molecule has 2 nitrogen and oxygen atoms in total. The van der Waals surface area contributed by atoms with Crippen LogP contribution in [0.3, 0.4) is 0 Å². The van der Waals surface area contributed by atoms with Gasteiger partial charge in [0.15, 0.2) is 14.1 Å². The number of carbonyl (C=O) groups excluding carboxylic acids is 1. The average Bonchev–Trinajstić information content (AvgIpc) is 3.05. The molecular weight excluding hydrogens is 300 g/mol. The van der Waals surface area contributed by atoms with E-state index in [-0.39, 0.29) is 15.9 Å². The Bertz CT molecular complexity index is 556. The number of hydrogen-bond acceptors (Lipinski definition) is 2. The summed E-state index contributed by atoms with van der Waals surface area (Å²) in [7, 11) is -1.82. The van der Waals surface area contributed by atoms with Crippen molar-refractivity contribution in [3.8, 4) is 0 Å². The normalized spacial score (nSPS) is 39.6. The molecule has 4 atom stereocenters. The van der Waals surface area contributed by atoms with Crippen LogP contribution in [-0.4, -0.2) is 20.7 Å². The van der Waals surface area contributed by atoms with E-state index in [2.05, 4.69) is 52.6 Å². The topological polar surface area (TPSA) is 26.3 Å². The molecule has 0 radical (unpaired) electrons. The molecule has 0 N–H and O–H groups in total. The Balaban J connectivity index is 1.94. The highest BCUT2D eigenvalue weighted by molar-refractivity contribution is 6.74. The summed E-state index contributed by atoms with van der Waals surface area (Å²) in [4.78, 5) is 12.9. The van der Waals surface area contributed by atoms with Crippen molar-refractivity contribution in [3.63, 3.8) is 0 Å². The lowest BCUT2D eigenvalue weighted by Gasteiger charge is -2.46. The van der Waals surface area contributed by atoms with Crippen LogP contribution in [0.2, 0.25) is 18.1 Å². The van der Waals surface area contributed by atoms with E-state index in [1.54, 1.807) is 0 Å². The van der Waals surface area contributed by atoms with Crippen LogP contribution in [0, 0.1) is 22.7 Å². The molecule has 0 heterocycles. The van der Waals surface area contributed by atoms with Gasteiger partial charge in [-0.05, 0) is 55.3 Å². The van der Waals surface area contributed by atoms with Gasteiger partial charge in [0.2, 0.25) is 0 Å². The van der Waals surface area contributed by atoms with Gasteiger partial charge < -0.3 is 4.43 Å². The summed E-state index contributed by atoms with van der Waals surface area (Å²) in [6.07, 6.45) is 10.5. The highest BCUT2D eigenvalue weighted by Gasteiger charge is 2.70. The number of carbonyl (C=O) groups is 1. The van der Waals surface area contributed by atoms with Gasteiger partial charge in [0, 0.05) is 17.4 Å². The van der Waals surface area contributed by atoms with Crippen LogP contribution in [0.15, 0.2) is 24.8 Å². The largest absolute Gasteiger partial charge is 0.416 e. The fraction of sp³-hybridized carbons (Fsp3) is 0.750. The molecule has 0 aromatic carbocycles. The number of rotatable bonds is 4. The van der Waals surface area contributed by atoms with E-state index in [9.17, 15) is 4.79 Å². The van der Waals surface area contributed by atoms with E-state index < -0.39 is 8.32 Å². The zero-order valence-corrected chi connectivity index (χ0v) is 16.4. The van der Waals surface area contributed by atoms with Gasteiger partial charge >= 0.3 is 0 Å². The summed E-state index contributed by atoms with van der Waals surface area (Å²) in [6.45, 7) is 16.3. The first-order chi connectivity index (χ1) is 10.6. The first kappa shape index (κ1) is 17.2. The monoisotopic (exact) mass is 332 g/mol. The molecule has 0 amide bonds. The molecule has 1 spiro atoms. The van der Waals surface area contributed by atoms with E-state index in [0.717, 1.165) is 32.3 Å². The standard InChI is InChI=1S/C20H32O2Si/c1-7-15-13-16-9-10-17(21)20(16)12-8-11-19(15,20)14-22-23(5,6)18(2,3)4/h7,9-10,15-16H,1,8,11-14H2,2-6H3/t15-,16+,19-,20?/m0/s1. The third-order valence-corrected chi connectivity index (χ3v) is 12.1. The minimum atomic E-state index is -1.82. The Morgan fingerprint density at radius 1 is 1.39 bits per heavy atom. The molecule has 0 bridgehead atoms. The van der Waals surface area contributed by atoms with E-state index in [1.807, 2.05) is 6.08 Å². The van der Waals surface area contributed by atoms with Gasteiger partial charge in [-0.25, -0.2) is 0 Å². The lowest BCUT2D eigenvalue weighted by Crippen LogP contribution is -2.50. The minimum Gasteiger partial charge on any atom is -0.416 e. The average molecular weight is 333 g/mol. The van der Waals surface area contributed by atoms with E-state index in [0.29, 0.717) is 17.6 Å². The van der Waals surface area contributed by atoms with Gasteiger partial charge in [-0.2, -0.15) is 0 Å². The summed E-state index contributed by atoms with van der Waals surface area (Å²) < 4.78 is 6.68. The second-order valence-electron chi connectivity index (χ2n) is 9.44. The predicted molar refractivity (Wildman–Crippen MR) is 97.8 cm³/mol. The smallest absolute Gasteiger partial charge is 0.192 e. The molecule has 0 saturated heterocycles. The molecule has 3 aliphatic rings. The Labute approximate surface area is 142 Å². The Hall–Kier alpha value is -0.673. The van der Waals surface area contributed by atoms with Crippen molar-refractivity contribution in [3.05, 3.63) is 24.8 Å². The summed E-state index contributed by atoms with van der Waals surface area (Å²) in [5.41, 5.74) is -0.205. The predicted octanol–water partition coefficient (Wildman–Crippen LogP) is 5.13. The van der Waals surface area contributed by atoms with Crippen molar-refractivity contribution < 1.29 is 9.22 Å². The minimum absolute atomic E-state index is 0.0183. The first-order valence-electron chi connectivity index (χ1n) is 9.10. The van der Waals surface area contributed by atoms with Crippen molar-refractivity contribution in [2.45, 2.75) is 64.6 Å². The zero-order chi connectivity index (χ0) is 17.1. The Morgan fingerprint density at radius 3 is 2.70 bits per heavy atom. The van der Waals surface area contributed by atoms with Crippen LogP contribution in [-0.2, 0) is 9.22 Å². The van der Waals surface area contributed by atoms with Crippen LogP contribution in [0.4, 0.5) is 0 Å². The maximum absolute atomic E-state index is 12.9. The van der Waals surface area contributed by atoms with Crippen LogP contribution in [0.5, 0.6) is 0 Å². The van der Waals surface area contributed by atoms with Crippen molar-refractivity contribution in [1.82, 2.24) is 0 Å². The summed E-state index contributed by atoms with van der Waals surface area (Å²) in [5.74, 6) is 1.18. The molecule has 2 fully saturated rings. The number of ketones is 1. The van der Waals surface area contributed by atoms with Gasteiger partial charge in [-0.15, -0.1) is 6.58 Å². The zero-order valence-electron chi connectivity index (χ0n) is 15.4. The molecule has 3 rings (SSSR count). The molecule has 3 aliphatic carbocycles. The molecule has 0 aromatic rings.